The highest BCUT2D eigenvalue weighted by atomic mass is 19.4. The molecule has 2 heterocycles. The number of nitrogens with zero attached hydrogens (tertiary/aromatic N) is 2. The number of rotatable bonds is 7. The van der Waals surface area contributed by atoms with Gasteiger partial charge >= 0.3 is 12.1 Å². The van der Waals surface area contributed by atoms with E-state index in [-0.39, 0.29) is 33.8 Å². The smallest absolute Gasteiger partial charge is 0.416 e. The number of carbonyl (C=O) groups excluding carboxylic acids is 3. The first-order valence-corrected chi connectivity index (χ1v) is 12.2. The molecule has 41 heavy (non-hydrogen) atoms. The minimum absolute atomic E-state index is 0.0313. The van der Waals surface area contributed by atoms with Crippen molar-refractivity contribution in [1.29, 1.82) is 0 Å². The van der Waals surface area contributed by atoms with E-state index in [1.165, 1.54) is 39.8 Å². The van der Waals surface area contributed by atoms with Gasteiger partial charge in [-0.15, -0.1) is 0 Å². The van der Waals surface area contributed by atoms with Gasteiger partial charge < -0.3 is 26.0 Å². The molecule has 2 aromatic carbocycles. The van der Waals surface area contributed by atoms with E-state index in [2.05, 4.69) is 10.6 Å². The minimum atomic E-state index is -4.61. The van der Waals surface area contributed by atoms with Gasteiger partial charge in [-0.05, 0) is 69.9 Å². The molecule has 13 heteroatoms. The number of alkyl halides is 3. The average Bonchev–Trinajstić information content (AvgIpc) is 3.30. The van der Waals surface area contributed by atoms with Gasteiger partial charge in [0.05, 0.1) is 22.4 Å². The van der Waals surface area contributed by atoms with Crippen LogP contribution >= 0.6 is 0 Å². The summed E-state index contributed by atoms with van der Waals surface area (Å²) in [6.07, 6.45) is -4.19. The number of benzene rings is 2. The molecule has 0 radical (unpaired) electrons. The Morgan fingerprint density at radius 3 is 2.39 bits per heavy atom. The summed E-state index contributed by atoms with van der Waals surface area (Å²) in [6, 6.07) is 8.44. The van der Waals surface area contributed by atoms with Gasteiger partial charge in [-0.1, -0.05) is 12.1 Å². The maximum absolute atomic E-state index is 13.0. The number of likely N-dealkylation sites (N-methyl/N-ethyl adjacent to an activating group) is 1. The van der Waals surface area contributed by atoms with Crippen molar-refractivity contribution in [3.63, 3.8) is 0 Å². The summed E-state index contributed by atoms with van der Waals surface area (Å²) >= 11 is 0. The highest BCUT2D eigenvalue weighted by molar-refractivity contribution is 6.35. The van der Waals surface area contributed by atoms with Crippen molar-refractivity contribution in [1.82, 2.24) is 9.47 Å². The highest BCUT2D eigenvalue weighted by Gasteiger charge is 2.33. The van der Waals surface area contributed by atoms with Crippen molar-refractivity contribution < 1.29 is 37.5 Å². The summed E-state index contributed by atoms with van der Waals surface area (Å²) in [6.45, 7) is 3.10. The Labute approximate surface area is 232 Å². The van der Waals surface area contributed by atoms with Crippen LogP contribution in [0.2, 0.25) is 0 Å². The summed E-state index contributed by atoms with van der Waals surface area (Å²) < 4.78 is 40.6. The van der Waals surface area contributed by atoms with E-state index in [0.29, 0.717) is 16.8 Å². The van der Waals surface area contributed by atoms with E-state index < -0.39 is 41.6 Å². The Hall–Kier alpha value is -4.91. The number of hydrogen-bond donors (Lipinski definition) is 4. The first kappa shape index (κ1) is 29.1. The molecule has 1 aliphatic heterocycles. The first-order valence-electron chi connectivity index (χ1n) is 12.2. The third kappa shape index (κ3) is 5.43. The molecule has 3 aromatic rings. The number of aromatic nitrogens is 1. The van der Waals surface area contributed by atoms with E-state index in [1.807, 2.05) is 0 Å². The molecule has 0 aliphatic carbocycles. The predicted molar refractivity (Wildman–Crippen MR) is 145 cm³/mol. The number of amides is 3. The summed E-state index contributed by atoms with van der Waals surface area (Å²) in [7, 11) is 3.21. The lowest BCUT2D eigenvalue weighted by molar-refractivity contribution is -0.137. The summed E-state index contributed by atoms with van der Waals surface area (Å²) in [5.74, 6) is -3.24. The number of fused-ring (bicyclic) bond motifs is 1. The molecule has 0 bridgehead atoms. The zero-order valence-corrected chi connectivity index (χ0v) is 22.4. The number of anilines is 2. The Balaban J connectivity index is 1.74. The van der Waals surface area contributed by atoms with Crippen molar-refractivity contribution >= 4 is 46.7 Å². The monoisotopic (exact) mass is 569 g/mol. The summed E-state index contributed by atoms with van der Waals surface area (Å²) in [4.78, 5) is 51.5. The molecule has 5 N–H and O–H groups in total. The van der Waals surface area contributed by atoms with E-state index in [1.54, 1.807) is 27.9 Å². The summed E-state index contributed by atoms with van der Waals surface area (Å²) in [5.41, 5.74) is 6.45. The van der Waals surface area contributed by atoms with E-state index in [0.717, 1.165) is 18.2 Å². The molecule has 214 valence electrons. The fourth-order valence-corrected chi connectivity index (χ4v) is 4.89. The van der Waals surface area contributed by atoms with Crippen LogP contribution in [0.3, 0.4) is 0 Å². The Morgan fingerprint density at radius 2 is 1.80 bits per heavy atom. The second-order valence-corrected chi connectivity index (χ2v) is 9.69. The number of nitrogens with one attached hydrogen (secondary N) is 2. The molecule has 4 rings (SSSR count). The fraction of sp³-hybridized carbons (Fsp3) is 0.214. The minimum Gasteiger partial charge on any atom is -0.478 e. The number of primary amides is 1. The van der Waals surface area contributed by atoms with Gasteiger partial charge in [-0.25, -0.2) is 4.79 Å². The van der Waals surface area contributed by atoms with Crippen LogP contribution in [0.4, 0.5) is 24.5 Å². The van der Waals surface area contributed by atoms with Gasteiger partial charge in [0.25, 0.3) is 17.7 Å². The van der Waals surface area contributed by atoms with E-state index in [4.69, 9.17) is 5.73 Å². The zero-order chi connectivity index (χ0) is 30.4. The Morgan fingerprint density at radius 1 is 1.12 bits per heavy atom. The second kappa shape index (κ2) is 10.6. The number of nitrogens with two attached hydrogens (primary N) is 1. The lowest BCUT2D eigenvalue weighted by Crippen LogP contribution is -2.38. The SMILES string of the molecule is Cc1c(C(=O)O)c(C)n(C(C(N)=O)N(C)C)c1C=C1C(=O)Nc2cc(NC(=O)c3cccc(C(F)(F)F)c3)ccc21. The number of carboxylic acids is 1. The molecule has 1 aliphatic rings. The molecule has 0 spiro atoms. The van der Waals surface area contributed by atoms with Crippen molar-refractivity contribution in [2.24, 2.45) is 5.73 Å². The van der Waals surface area contributed by atoms with Gasteiger partial charge in [0.15, 0.2) is 6.17 Å². The third-order valence-corrected chi connectivity index (χ3v) is 6.74. The van der Waals surface area contributed by atoms with E-state index >= 15 is 0 Å². The molecular weight excluding hydrogens is 543 g/mol. The maximum atomic E-state index is 13.0. The predicted octanol–water partition coefficient (Wildman–Crippen LogP) is 4.11. The first-order chi connectivity index (χ1) is 19.1. The van der Waals surface area contributed by atoms with Crippen molar-refractivity contribution in [3.8, 4) is 0 Å². The standard InChI is InChI=1S/C28H26F3N5O5/c1-13-21(36(14(2)22(13)27(40)41)26(23(32)37)35(3)4)12-19-18-9-8-17(11-20(18)34-25(19)39)33-24(38)15-6-5-7-16(10-15)28(29,30)31/h5-12,26H,1-4H3,(H2,32,37)(H,33,38)(H,34,39)(H,40,41). The second-order valence-electron chi connectivity index (χ2n) is 9.69. The molecule has 0 saturated carbocycles. The van der Waals surface area contributed by atoms with Gasteiger partial charge in [-0.3, -0.25) is 19.3 Å². The molecule has 3 amide bonds. The van der Waals surface area contributed by atoms with Crippen LogP contribution in [0.15, 0.2) is 42.5 Å². The molecule has 1 aromatic heterocycles. The van der Waals surface area contributed by atoms with Gasteiger partial charge in [-0.2, -0.15) is 13.2 Å². The van der Waals surface area contributed by atoms with Crippen molar-refractivity contribution in [3.05, 3.63) is 81.7 Å². The lowest BCUT2D eigenvalue weighted by atomic mass is 10.0. The van der Waals surface area contributed by atoms with Gasteiger partial charge in [0.1, 0.15) is 0 Å². The quantitative estimate of drug-likeness (QED) is 0.315. The number of aromatic carboxylic acids is 1. The average molecular weight is 570 g/mol. The van der Waals surface area contributed by atoms with Gasteiger partial charge in [0.2, 0.25) is 0 Å². The number of halogens is 3. The molecular formula is C28H26F3N5O5. The number of hydrogen-bond acceptors (Lipinski definition) is 5. The van der Waals surface area contributed by atoms with Crippen LogP contribution in [0.1, 0.15) is 55.0 Å². The normalized spacial score (nSPS) is 14.6. The molecule has 1 atom stereocenters. The summed E-state index contributed by atoms with van der Waals surface area (Å²) in [5, 5.41) is 15.0. The van der Waals surface area contributed by atoms with Crippen molar-refractivity contribution in [2.75, 3.05) is 24.7 Å². The van der Waals surface area contributed by atoms with Crippen LogP contribution in [0.5, 0.6) is 0 Å². The van der Waals surface area contributed by atoms with Crippen LogP contribution in [0.25, 0.3) is 11.6 Å². The maximum Gasteiger partial charge on any atom is 0.416 e. The Kier molecular flexibility index (Phi) is 7.50. The zero-order valence-electron chi connectivity index (χ0n) is 22.4. The highest BCUT2D eigenvalue weighted by Crippen LogP contribution is 2.37. The lowest BCUT2D eigenvalue weighted by Gasteiger charge is -2.26. The number of carboxylic acid groups (broad SMARTS) is 1. The van der Waals surface area contributed by atoms with Crippen molar-refractivity contribution in [2.45, 2.75) is 26.2 Å². The van der Waals surface area contributed by atoms with Gasteiger partial charge in [0, 0.05) is 28.2 Å². The number of carbonyl (C=O) groups is 4. The Bertz CT molecular complexity index is 1640. The van der Waals surface area contributed by atoms with E-state index in [9.17, 15) is 37.5 Å². The third-order valence-electron chi connectivity index (χ3n) is 6.74. The molecule has 1 unspecified atom stereocenters. The molecule has 0 saturated heterocycles. The largest absolute Gasteiger partial charge is 0.478 e. The molecule has 0 fully saturated rings. The molecule has 10 nitrogen and oxygen atoms in total. The van der Waals surface area contributed by atoms with Crippen LogP contribution < -0.4 is 16.4 Å². The topological polar surface area (TPSA) is 147 Å². The van der Waals surface area contributed by atoms with Crippen LogP contribution in [-0.2, 0) is 15.8 Å². The van der Waals surface area contributed by atoms with Crippen LogP contribution in [0, 0.1) is 13.8 Å². The van der Waals surface area contributed by atoms with Crippen LogP contribution in [-0.4, -0.2) is 52.4 Å². The fourth-order valence-electron chi connectivity index (χ4n) is 4.89.